The second-order valence-electron chi connectivity index (χ2n) is 4.07. The second-order valence-corrected chi connectivity index (χ2v) is 6.77. The molecule has 2 aromatic heterocycles. The number of aromatic nitrogens is 3. The van der Waals surface area contributed by atoms with Gasteiger partial charge in [-0.3, -0.25) is 5.10 Å². The minimum Gasteiger partial charge on any atom is -0.325 e. The van der Waals surface area contributed by atoms with Crippen molar-refractivity contribution in [2.75, 3.05) is 7.05 Å². The van der Waals surface area contributed by atoms with Gasteiger partial charge in [0.25, 0.3) is 0 Å². The zero-order chi connectivity index (χ0) is 14.0. The first kappa shape index (κ1) is 14.1. The number of hydrogen-bond acceptors (Lipinski definition) is 6. The molecule has 0 amide bonds. The normalized spacial score (nSPS) is 12.2. The Hall–Kier alpha value is -1.29. The molecule has 0 saturated heterocycles. The molecule has 0 aliphatic heterocycles. The first-order valence-corrected chi connectivity index (χ1v) is 7.92. The van der Waals surface area contributed by atoms with Gasteiger partial charge in [0.2, 0.25) is 10.0 Å². The van der Waals surface area contributed by atoms with Gasteiger partial charge in [-0.15, -0.1) is 11.3 Å². The molecule has 3 N–H and O–H groups in total. The molecule has 0 unspecified atom stereocenters. The van der Waals surface area contributed by atoms with Gasteiger partial charge in [-0.05, 0) is 6.92 Å². The zero-order valence-electron chi connectivity index (χ0n) is 10.6. The molecule has 2 rings (SSSR count). The maximum absolute atomic E-state index is 12.5. The van der Waals surface area contributed by atoms with Crippen molar-refractivity contribution in [1.82, 2.24) is 19.5 Å². The predicted molar refractivity (Wildman–Crippen MR) is 72.0 cm³/mol. The largest absolute Gasteiger partial charge is 0.325 e. The summed E-state index contributed by atoms with van der Waals surface area (Å²) in [5.74, 6) is 0. The molecule has 0 saturated carbocycles. The SMILES string of the molecule is Cc1[nH]nc(CN)c1S(=O)(=O)N(C)Cc1cscn1. The van der Waals surface area contributed by atoms with Crippen LogP contribution in [0, 0.1) is 6.92 Å². The van der Waals surface area contributed by atoms with Crippen molar-refractivity contribution < 1.29 is 8.42 Å². The van der Waals surface area contributed by atoms with Crippen molar-refractivity contribution in [3.05, 3.63) is 28.0 Å². The molecule has 2 aromatic rings. The van der Waals surface area contributed by atoms with Crippen LogP contribution in [0.5, 0.6) is 0 Å². The fraction of sp³-hybridized carbons (Fsp3) is 0.400. The van der Waals surface area contributed by atoms with Gasteiger partial charge < -0.3 is 5.73 Å². The second kappa shape index (κ2) is 5.37. The maximum atomic E-state index is 12.5. The van der Waals surface area contributed by atoms with Crippen molar-refractivity contribution in [3.63, 3.8) is 0 Å². The first-order valence-electron chi connectivity index (χ1n) is 5.54. The zero-order valence-corrected chi connectivity index (χ0v) is 12.3. The van der Waals surface area contributed by atoms with Crippen molar-refractivity contribution in [1.29, 1.82) is 0 Å². The van der Waals surface area contributed by atoms with Crippen molar-refractivity contribution >= 4 is 21.4 Å². The van der Waals surface area contributed by atoms with Gasteiger partial charge in [0.15, 0.2) is 0 Å². The minimum absolute atomic E-state index is 0.0729. The van der Waals surface area contributed by atoms with Gasteiger partial charge >= 0.3 is 0 Å². The van der Waals surface area contributed by atoms with Crippen LogP contribution in [-0.2, 0) is 23.1 Å². The van der Waals surface area contributed by atoms with E-state index in [2.05, 4.69) is 15.2 Å². The van der Waals surface area contributed by atoms with E-state index in [9.17, 15) is 8.42 Å². The number of hydrogen-bond donors (Lipinski definition) is 2. The van der Waals surface area contributed by atoms with Crippen LogP contribution >= 0.6 is 11.3 Å². The summed E-state index contributed by atoms with van der Waals surface area (Å²) in [4.78, 5) is 4.24. The average molecular weight is 301 g/mol. The van der Waals surface area contributed by atoms with Gasteiger partial charge in [0.1, 0.15) is 4.90 Å². The van der Waals surface area contributed by atoms with E-state index in [1.165, 1.54) is 22.7 Å². The Kier molecular flexibility index (Phi) is 3.99. The van der Waals surface area contributed by atoms with E-state index in [1.54, 1.807) is 12.4 Å². The van der Waals surface area contributed by atoms with Gasteiger partial charge in [-0.2, -0.15) is 9.40 Å². The summed E-state index contributed by atoms with van der Waals surface area (Å²) in [7, 11) is -2.11. The Morgan fingerprint density at radius 3 is 2.84 bits per heavy atom. The summed E-state index contributed by atoms with van der Waals surface area (Å²) in [6.45, 7) is 1.96. The van der Waals surface area contributed by atoms with E-state index in [-0.39, 0.29) is 18.0 Å². The summed E-state index contributed by atoms with van der Waals surface area (Å²) >= 11 is 1.43. The Labute approximate surface area is 115 Å². The molecule has 0 radical (unpaired) electrons. The van der Waals surface area contributed by atoms with E-state index < -0.39 is 10.0 Å². The number of nitrogens with zero attached hydrogens (tertiary/aromatic N) is 3. The fourth-order valence-electron chi connectivity index (χ4n) is 1.73. The van der Waals surface area contributed by atoms with Crippen LogP contribution in [-0.4, -0.2) is 35.0 Å². The lowest BCUT2D eigenvalue weighted by molar-refractivity contribution is 0.462. The quantitative estimate of drug-likeness (QED) is 0.834. The lowest BCUT2D eigenvalue weighted by Crippen LogP contribution is -2.28. The molecule has 7 nitrogen and oxygen atoms in total. The number of aromatic amines is 1. The van der Waals surface area contributed by atoms with Crippen LogP contribution in [0.1, 0.15) is 17.1 Å². The Morgan fingerprint density at radius 2 is 2.26 bits per heavy atom. The lowest BCUT2D eigenvalue weighted by Gasteiger charge is -2.16. The van der Waals surface area contributed by atoms with Crippen LogP contribution in [0.4, 0.5) is 0 Å². The molecule has 0 spiro atoms. The molecule has 9 heteroatoms. The minimum atomic E-state index is -3.62. The van der Waals surface area contributed by atoms with Crippen LogP contribution in [0.15, 0.2) is 15.8 Å². The summed E-state index contributed by atoms with van der Waals surface area (Å²) in [6.07, 6.45) is 0. The van der Waals surface area contributed by atoms with E-state index in [0.717, 1.165) is 0 Å². The van der Waals surface area contributed by atoms with Gasteiger partial charge in [0.05, 0.1) is 29.1 Å². The number of sulfonamides is 1. The van der Waals surface area contributed by atoms with Crippen LogP contribution in [0.3, 0.4) is 0 Å². The Balaban J connectivity index is 2.33. The number of H-pyrrole nitrogens is 1. The Bertz CT molecular complexity index is 648. The highest BCUT2D eigenvalue weighted by Crippen LogP contribution is 2.22. The molecule has 0 atom stereocenters. The highest BCUT2D eigenvalue weighted by atomic mass is 32.2. The first-order chi connectivity index (χ1) is 8.96. The van der Waals surface area contributed by atoms with Gasteiger partial charge in [-0.1, -0.05) is 0 Å². The number of rotatable bonds is 5. The maximum Gasteiger partial charge on any atom is 0.246 e. The predicted octanol–water partition coefficient (Wildman–Crippen LogP) is 0.454. The third-order valence-electron chi connectivity index (χ3n) is 2.69. The molecule has 0 bridgehead atoms. The standard InChI is InChI=1S/C10H15N5O2S2/c1-7-10(9(3-11)14-13-7)19(16,17)15(2)4-8-5-18-6-12-8/h5-6H,3-4,11H2,1-2H3,(H,13,14). The molecule has 0 aliphatic carbocycles. The highest BCUT2D eigenvalue weighted by molar-refractivity contribution is 7.89. The Morgan fingerprint density at radius 1 is 1.53 bits per heavy atom. The van der Waals surface area contributed by atoms with E-state index >= 15 is 0 Å². The van der Waals surface area contributed by atoms with Crippen molar-refractivity contribution in [2.24, 2.45) is 5.73 Å². The molecule has 0 aromatic carbocycles. The fourth-order valence-corrected chi connectivity index (χ4v) is 3.76. The number of nitrogens with two attached hydrogens (primary N) is 1. The van der Waals surface area contributed by atoms with E-state index in [4.69, 9.17) is 5.73 Å². The summed E-state index contributed by atoms with van der Waals surface area (Å²) < 4.78 is 26.3. The molecule has 2 heterocycles. The van der Waals surface area contributed by atoms with Crippen LogP contribution in [0.2, 0.25) is 0 Å². The van der Waals surface area contributed by atoms with Crippen LogP contribution < -0.4 is 5.73 Å². The van der Waals surface area contributed by atoms with Gasteiger partial charge in [0, 0.05) is 19.0 Å². The van der Waals surface area contributed by atoms with E-state index in [1.807, 2.05) is 5.38 Å². The lowest BCUT2D eigenvalue weighted by atomic mass is 10.4. The monoisotopic (exact) mass is 301 g/mol. The smallest absolute Gasteiger partial charge is 0.246 e. The summed E-state index contributed by atoms with van der Waals surface area (Å²) in [6, 6.07) is 0. The van der Waals surface area contributed by atoms with Crippen molar-refractivity contribution in [3.8, 4) is 0 Å². The van der Waals surface area contributed by atoms with Crippen LogP contribution in [0.25, 0.3) is 0 Å². The van der Waals surface area contributed by atoms with E-state index in [0.29, 0.717) is 17.1 Å². The topological polar surface area (TPSA) is 105 Å². The molecule has 19 heavy (non-hydrogen) atoms. The van der Waals surface area contributed by atoms with Gasteiger partial charge in [-0.25, -0.2) is 13.4 Å². The summed E-state index contributed by atoms with van der Waals surface area (Å²) in [5, 5.41) is 8.39. The third kappa shape index (κ3) is 2.68. The third-order valence-corrected chi connectivity index (χ3v) is 5.33. The molecule has 0 fully saturated rings. The number of nitrogens with one attached hydrogen (secondary N) is 1. The molecule has 104 valence electrons. The number of thiazole rings is 1. The van der Waals surface area contributed by atoms with Crippen molar-refractivity contribution in [2.45, 2.75) is 24.9 Å². The summed E-state index contributed by atoms with van der Waals surface area (Å²) in [5.41, 5.74) is 8.75. The molecular formula is C10H15N5O2S2. The number of aryl methyl sites for hydroxylation is 1. The molecular weight excluding hydrogens is 286 g/mol. The molecule has 0 aliphatic rings. The average Bonchev–Trinajstić information content (AvgIpc) is 2.98. The highest BCUT2D eigenvalue weighted by Gasteiger charge is 2.28.